The molecule has 0 heterocycles. The van der Waals surface area contributed by atoms with Crippen molar-refractivity contribution in [2.24, 2.45) is 0 Å². The van der Waals surface area contributed by atoms with Gasteiger partial charge in [0.1, 0.15) is 0 Å². The number of methoxy groups -OCH3 is 1. The van der Waals surface area contributed by atoms with Crippen molar-refractivity contribution in [3.05, 3.63) is 35.9 Å². The fourth-order valence-electron chi connectivity index (χ4n) is 1.03. The van der Waals surface area contributed by atoms with Gasteiger partial charge in [0.25, 0.3) is 0 Å². The summed E-state index contributed by atoms with van der Waals surface area (Å²) in [5.74, 6) is 0. The first-order valence-electron chi connectivity index (χ1n) is 3.89. The molecule has 0 saturated carbocycles. The van der Waals surface area contributed by atoms with Gasteiger partial charge in [0.05, 0.1) is 6.10 Å². The molecule has 1 atom stereocenters. The summed E-state index contributed by atoms with van der Waals surface area (Å²) in [5, 5.41) is 0. The van der Waals surface area contributed by atoms with E-state index in [0.29, 0.717) is 6.10 Å². The topological polar surface area (TPSA) is 9.23 Å². The Bertz CT molecular complexity index is 193. The predicted octanol–water partition coefficient (Wildman–Crippen LogP) is 2.26. The minimum Gasteiger partial charge on any atom is -0.381 e. The zero-order chi connectivity index (χ0) is 8.10. The van der Waals surface area contributed by atoms with E-state index in [1.807, 2.05) is 6.07 Å². The summed E-state index contributed by atoms with van der Waals surface area (Å²) in [6.45, 7) is 2.08. The molecule has 0 fully saturated rings. The van der Waals surface area contributed by atoms with Crippen LogP contribution in [0.2, 0.25) is 0 Å². The van der Waals surface area contributed by atoms with Crippen molar-refractivity contribution in [1.82, 2.24) is 0 Å². The van der Waals surface area contributed by atoms with Crippen LogP contribution in [0.15, 0.2) is 30.3 Å². The fourth-order valence-corrected chi connectivity index (χ4v) is 1.03. The minimum absolute atomic E-state index is 0.317. The standard InChI is InChI=1S/C10H14O/c1-9(11-2)8-10-6-4-3-5-7-10/h3-7,9H,8H2,1-2H3. The van der Waals surface area contributed by atoms with E-state index in [-0.39, 0.29) is 0 Å². The summed E-state index contributed by atoms with van der Waals surface area (Å²) >= 11 is 0. The molecule has 0 saturated heterocycles. The molecule has 1 rings (SSSR count). The van der Waals surface area contributed by atoms with Crippen LogP contribution >= 0.6 is 0 Å². The van der Waals surface area contributed by atoms with Gasteiger partial charge >= 0.3 is 0 Å². The van der Waals surface area contributed by atoms with E-state index in [0.717, 1.165) is 6.42 Å². The fraction of sp³-hybridized carbons (Fsp3) is 0.400. The Morgan fingerprint density at radius 1 is 1.27 bits per heavy atom. The van der Waals surface area contributed by atoms with Crippen LogP contribution in [0, 0.1) is 0 Å². The van der Waals surface area contributed by atoms with Crippen molar-refractivity contribution in [2.45, 2.75) is 19.4 Å². The van der Waals surface area contributed by atoms with Gasteiger partial charge in [-0.05, 0) is 18.9 Å². The lowest BCUT2D eigenvalue weighted by Gasteiger charge is -2.08. The maximum absolute atomic E-state index is 5.15. The zero-order valence-corrected chi connectivity index (χ0v) is 7.08. The third-order valence-electron chi connectivity index (χ3n) is 1.77. The molecule has 0 aliphatic carbocycles. The summed E-state index contributed by atoms with van der Waals surface area (Å²) in [4.78, 5) is 0. The second-order valence-electron chi connectivity index (χ2n) is 2.74. The van der Waals surface area contributed by atoms with Crippen molar-refractivity contribution < 1.29 is 4.74 Å². The summed E-state index contributed by atoms with van der Waals surface area (Å²) in [6, 6.07) is 10.4. The largest absolute Gasteiger partial charge is 0.381 e. The van der Waals surface area contributed by atoms with E-state index >= 15 is 0 Å². The first-order valence-corrected chi connectivity index (χ1v) is 3.89. The second kappa shape index (κ2) is 4.14. The Balaban J connectivity index is 2.51. The molecule has 1 nitrogen and oxygen atoms in total. The van der Waals surface area contributed by atoms with Crippen molar-refractivity contribution in [3.63, 3.8) is 0 Å². The van der Waals surface area contributed by atoms with Crippen LogP contribution in [-0.4, -0.2) is 13.2 Å². The molecule has 0 amide bonds. The minimum atomic E-state index is 0.317. The lowest BCUT2D eigenvalue weighted by Crippen LogP contribution is -2.07. The third kappa shape index (κ3) is 2.72. The molecule has 0 aromatic heterocycles. The van der Waals surface area contributed by atoms with Gasteiger partial charge < -0.3 is 4.74 Å². The normalized spacial score (nSPS) is 12.9. The van der Waals surface area contributed by atoms with Crippen LogP contribution in [0.4, 0.5) is 0 Å². The molecule has 0 spiro atoms. The number of benzene rings is 1. The summed E-state index contributed by atoms with van der Waals surface area (Å²) in [6.07, 6.45) is 1.31. The molecule has 0 bridgehead atoms. The highest BCUT2D eigenvalue weighted by molar-refractivity contribution is 5.15. The summed E-state index contributed by atoms with van der Waals surface area (Å²) < 4.78 is 5.15. The first kappa shape index (κ1) is 8.28. The van der Waals surface area contributed by atoms with Crippen LogP contribution in [-0.2, 0) is 11.2 Å². The molecule has 0 aliphatic heterocycles. The SMILES string of the molecule is COC(C)Cc1ccccc1. The average Bonchev–Trinajstić information content (AvgIpc) is 2.06. The van der Waals surface area contributed by atoms with Crippen molar-refractivity contribution >= 4 is 0 Å². The van der Waals surface area contributed by atoms with Gasteiger partial charge in [-0.1, -0.05) is 30.3 Å². The molecule has 11 heavy (non-hydrogen) atoms. The highest BCUT2D eigenvalue weighted by Gasteiger charge is 1.99. The number of hydrogen-bond acceptors (Lipinski definition) is 1. The van der Waals surface area contributed by atoms with E-state index in [1.54, 1.807) is 7.11 Å². The Hall–Kier alpha value is -0.820. The van der Waals surface area contributed by atoms with Gasteiger partial charge in [0.2, 0.25) is 0 Å². The van der Waals surface area contributed by atoms with Gasteiger partial charge in [-0.3, -0.25) is 0 Å². The molecule has 1 heteroatoms. The maximum Gasteiger partial charge on any atom is 0.0583 e. The van der Waals surface area contributed by atoms with Crippen LogP contribution < -0.4 is 0 Å². The molecule has 0 aliphatic rings. The Kier molecular flexibility index (Phi) is 3.12. The van der Waals surface area contributed by atoms with Gasteiger partial charge in [0.15, 0.2) is 0 Å². The Morgan fingerprint density at radius 2 is 1.91 bits per heavy atom. The van der Waals surface area contributed by atoms with E-state index in [1.165, 1.54) is 5.56 Å². The number of rotatable bonds is 3. The first-order chi connectivity index (χ1) is 5.33. The molecule has 1 aromatic rings. The Morgan fingerprint density at radius 3 is 2.45 bits per heavy atom. The van der Waals surface area contributed by atoms with E-state index in [4.69, 9.17) is 4.74 Å². The van der Waals surface area contributed by atoms with Gasteiger partial charge in [-0.15, -0.1) is 0 Å². The van der Waals surface area contributed by atoms with Crippen LogP contribution in [0.1, 0.15) is 12.5 Å². The quantitative estimate of drug-likeness (QED) is 0.642. The van der Waals surface area contributed by atoms with Crippen molar-refractivity contribution in [1.29, 1.82) is 0 Å². The van der Waals surface area contributed by atoms with E-state index in [9.17, 15) is 0 Å². The number of ether oxygens (including phenoxy) is 1. The number of hydrogen-bond donors (Lipinski definition) is 0. The zero-order valence-electron chi connectivity index (χ0n) is 7.08. The maximum atomic E-state index is 5.15. The third-order valence-corrected chi connectivity index (χ3v) is 1.77. The highest BCUT2D eigenvalue weighted by Crippen LogP contribution is 2.03. The highest BCUT2D eigenvalue weighted by atomic mass is 16.5. The predicted molar refractivity (Wildman–Crippen MR) is 46.6 cm³/mol. The summed E-state index contributed by atoms with van der Waals surface area (Å²) in [5.41, 5.74) is 1.34. The average molecular weight is 150 g/mol. The molecular formula is C10H14O. The second-order valence-corrected chi connectivity index (χ2v) is 2.74. The molecule has 0 N–H and O–H groups in total. The van der Waals surface area contributed by atoms with Crippen LogP contribution in [0.25, 0.3) is 0 Å². The molecule has 1 unspecified atom stereocenters. The summed E-state index contributed by atoms with van der Waals surface area (Å²) in [7, 11) is 1.74. The van der Waals surface area contributed by atoms with E-state index in [2.05, 4.69) is 31.2 Å². The lowest BCUT2D eigenvalue weighted by atomic mass is 10.1. The molecule has 0 radical (unpaired) electrons. The van der Waals surface area contributed by atoms with Crippen molar-refractivity contribution in [2.75, 3.05) is 7.11 Å². The lowest BCUT2D eigenvalue weighted by molar-refractivity contribution is 0.119. The van der Waals surface area contributed by atoms with Crippen molar-refractivity contribution in [3.8, 4) is 0 Å². The van der Waals surface area contributed by atoms with Gasteiger partial charge in [0, 0.05) is 7.11 Å². The van der Waals surface area contributed by atoms with Gasteiger partial charge in [-0.25, -0.2) is 0 Å². The molecule has 1 aromatic carbocycles. The smallest absolute Gasteiger partial charge is 0.0583 e. The van der Waals surface area contributed by atoms with E-state index < -0.39 is 0 Å². The monoisotopic (exact) mass is 150 g/mol. The van der Waals surface area contributed by atoms with Gasteiger partial charge in [-0.2, -0.15) is 0 Å². The molecular weight excluding hydrogens is 136 g/mol. The van der Waals surface area contributed by atoms with Crippen LogP contribution in [0.3, 0.4) is 0 Å². The molecule has 60 valence electrons. The van der Waals surface area contributed by atoms with Crippen LogP contribution in [0.5, 0.6) is 0 Å². The Labute approximate surface area is 68.0 Å².